The molecule has 0 unspecified atom stereocenters. The van der Waals surface area contributed by atoms with Crippen LogP contribution in [0.15, 0.2) is 30.6 Å². The summed E-state index contributed by atoms with van der Waals surface area (Å²) < 4.78 is 2.06. The highest BCUT2D eigenvalue weighted by Gasteiger charge is 2.09. The first-order valence-electron chi connectivity index (χ1n) is 5.40. The first-order chi connectivity index (χ1) is 7.68. The van der Waals surface area contributed by atoms with E-state index in [2.05, 4.69) is 28.6 Å². The van der Waals surface area contributed by atoms with Crippen molar-refractivity contribution in [2.45, 2.75) is 26.3 Å². The van der Waals surface area contributed by atoms with Crippen LogP contribution in [0.3, 0.4) is 0 Å². The lowest BCUT2D eigenvalue weighted by Gasteiger charge is -2.10. The number of aromatic nitrogens is 3. The van der Waals surface area contributed by atoms with Gasteiger partial charge < -0.3 is 10.3 Å². The highest BCUT2D eigenvalue weighted by atomic mass is 15.3. The zero-order valence-corrected chi connectivity index (χ0v) is 9.59. The number of benzene rings is 1. The molecular weight excluding hydrogens is 200 g/mol. The smallest absolute Gasteiger partial charge is 0.137 e. The third-order valence-corrected chi connectivity index (χ3v) is 2.61. The maximum Gasteiger partial charge on any atom is 0.137 e. The molecule has 0 aliphatic carbocycles. The number of nitrogens with zero attached hydrogens (tertiary/aromatic N) is 3. The summed E-state index contributed by atoms with van der Waals surface area (Å²) in [6, 6.07) is 8.23. The molecule has 84 valence electrons. The van der Waals surface area contributed by atoms with Crippen LogP contribution in [-0.2, 0) is 6.42 Å². The molecule has 0 saturated carbocycles. The minimum atomic E-state index is 0.370. The van der Waals surface area contributed by atoms with Gasteiger partial charge in [0, 0.05) is 18.2 Å². The number of para-hydroxylation sites is 1. The van der Waals surface area contributed by atoms with Crippen molar-refractivity contribution in [3.05, 3.63) is 42.0 Å². The van der Waals surface area contributed by atoms with E-state index in [0.29, 0.717) is 6.04 Å². The Labute approximate surface area is 95.1 Å². The van der Waals surface area contributed by atoms with E-state index in [9.17, 15) is 0 Å². The maximum atomic E-state index is 5.91. The molecule has 0 atom stereocenters. The van der Waals surface area contributed by atoms with Crippen molar-refractivity contribution < 1.29 is 0 Å². The molecule has 0 spiro atoms. The van der Waals surface area contributed by atoms with Crippen LogP contribution in [0.4, 0.5) is 5.69 Å². The Bertz CT molecular complexity index is 473. The van der Waals surface area contributed by atoms with Gasteiger partial charge in [-0.15, -0.1) is 10.2 Å². The fourth-order valence-electron chi connectivity index (χ4n) is 1.69. The average molecular weight is 216 g/mol. The molecule has 2 N–H and O–H groups in total. The van der Waals surface area contributed by atoms with E-state index in [-0.39, 0.29) is 0 Å². The highest BCUT2D eigenvalue weighted by Crippen LogP contribution is 2.16. The summed E-state index contributed by atoms with van der Waals surface area (Å²) in [4.78, 5) is 0. The number of hydrogen-bond acceptors (Lipinski definition) is 3. The highest BCUT2D eigenvalue weighted by molar-refractivity contribution is 5.47. The summed E-state index contributed by atoms with van der Waals surface area (Å²) in [5, 5.41) is 8.07. The second-order valence-electron chi connectivity index (χ2n) is 4.12. The number of rotatable bonds is 3. The third-order valence-electron chi connectivity index (χ3n) is 2.61. The molecule has 4 nitrogen and oxygen atoms in total. The predicted molar refractivity (Wildman–Crippen MR) is 64.1 cm³/mol. The molecule has 0 radical (unpaired) electrons. The minimum absolute atomic E-state index is 0.370. The summed E-state index contributed by atoms with van der Waals surface area (Å²) in [6.07, 6.45) is 2.49. The molecule has 0 aliphatic rings. The largest absolute Gasteiger partial charge is 0.398 e. The van der Waals surface area contributed by atoms with Crippen LogP contribution in [0.1, 0.15) is 31.3 Å². The van der Waals surface area contributed by atoms with Gasteiger partial charge in [0.2, 0.25) is 0 Å². The van der Waals surface area contributed by atoms with Gasteiger partial charge in [-0.25, -0.2) is 0 Å². The van der Waals surface area contributed by atoms with Gasteiger partial charge in [0.05, 0.1) is 0 Å². The van der Waals surface area contributed by atoms with E-state index in [0.717, 1.165) is 23.5 Å². The summed E-state index contributed by atoms with van der Waals surface area (Å²) in [6.45, 7) is 4.22. The monoisotopic (exact) mass is 216 g/mol. The van der Waals surface area contributed by atoms with Crippen LogP contribution in [0.2, 0.25) is 0 Å². The molecule has 2 aromatic rings. The van der Waals surface area contributed by atoms with Gasteiger partial charge >= 0.3 is 0 Å². The van der Waals surface area contributed by atoms with Crippen LogP contribution < -0.4 is 5.73 Å². The van der Waals surface area contributed by atoms with Crippen molar-refractivity contribution >= 4 is 5.69 Å². The second kappa shape index (κ2) is 4.35. The summed E-state index contributed by atoms with van der Waals surface area (Å²) in [7, 11) is 0. The predicted octanol–water partition coefficient (Wildman–Crippen LogP) is 2.03. The Morgan fingerprint density at radius 3 is 2.75 bits per heavy atom. The lowest BCUT2D eigenvalue weighted by Crippen LogP contribution is -2.07. The molecule has 16 heavy (non-hydrogen) atoms. The van der Waals surface area contributed by atoms with Gasteiger partial charge in [-0.2, -0.15) is 0 Å². The molecule has 0 bridgehead atoms. The fraction of sp³-hybridized carbons (Fsp3) is 0.333. The molecule has 1 aromatic heterocycles. The third kappa shape index (κ3) is 2.05. The van der Waals surface area contributed by atoms with E-state index in [4.69, 9.17) is 5.73 Å². The van der Waals surface area contributed by atoms with E-state index < -0.39 is 0 Å². The molecule has 0 fully saturated rings. The van der Waals surface area contributed by atoms with Crippen molar-refractivity contribution in [2.24, 2.45) is 0 Å². The lowest BCUT2D eigenvalue weighted by molar-refractivity contribution is 0.574. The van der Waals surface area contributed by atoms with Crippen LogP contribution in [0, 0.1) is 0 Å². The Kier molecular flexibility index (Phi) is 2.90. The zero-order valence-electron chi connectivity index (χ0n) is 9.59. The summed E-state index contributed by atoms with van der Waals surface area (Å²) >= 11 is 0. The molecule has 1 aromatic carbocycles. The normalized spacial score (nSPS) is 10.9. The van der Waals surface area contributed by atoms with E-state index >= 15 is 0 Å². The van der Waals surface area contributed by atoms with Crippen LogP contribution in [0.5, 0.6) is 0 Å². The zero-order chi connectivity index (χ0) is 11.5. The van der Waals surface area contributed by atoms with Gasteiger partial charge in [0.15, 0.2) is 0 Å². The van der Waals surface area contributed by atoms with E-state index in [1.807, 2.05) is 24.3 Å². The number of nitrogen functional groups attached to an aromatic ring is 1. The Hall–Kier alpha value is -1.84. The van der Waals surface area contributed by atoms with Crippen molar-refractivity contribution in [2.75, 3.05) is 5.73 Å². The van der Waals surface area contributed by atoms with Crippen molar-refractivity contribution in [3.8, 4) is 0 Å². The topological polar surface area (TPSA) is 56.7 Å². The Morgan fingerprint density at radius 2 is 2.06 bits per heavy atom. The second-order valence-corrected chi connectivity index (χ2v) is 4.12. The summed E-state index contributed by atoms with van der Waals surface area (Å²) in [5.74, 6) is 0.952. The number of anilines is 1. The minimum Gasteiger partial charge on any atom is -0.398 e. The molecule has 0 amide bonds. The molecule has 0 aliphatic heterocycles. The van der Waals surface area contributed by atoms with Gasteiger partial charge in [-0.1, -0.05) is 18.2 Å². The maximum absolute atomic E-state index is 5.91. The van der Waals surface area contributed by atoms with Crippen LogP contribution >= 0.6 is 0 Å². The molecule has 1 heterocycles. The molecule has 2 rings (SSSR count). The Morgan fingerprint density at radius 1 is 1.31 bits per heavy atom. The van der Waals surface area contributed by atoms with Crippen LogP contribution in [-0.4, -0.2) is 14.8 Å². The van der Waals surface area contributed by atoms with Crippen molar-refractivity contribution in [3.63, 3.8) is 0 Å². The number of nitrogens with two attached hydrogens (primary N) is 1. The standard InChI is InChI=1S/C12H16N4/c1-9(2)16-8-14-15-12(16)7-10-5-3-4-6-11(10)13/h3-6,8-9H,7,13H2,1-2H3. The van der Waals surface area contributed by atoms with E-state index in [1.54, 1.807) is 6.33 Å². The van der Waals surface area contributed by atoms with E-state index in [1.165, 1.54) is 0 Å². The molecule has 0 saturated heterocycles. The Balaban J connectivity index is 2.27. The molecule has 4 heteroatoms. The van der Waals surface area contributed by atoms with Crippen molar-refractivity contribution in [1.82, 2.24) is 14.8 Å². The van der Waals surface area contributed by atoms with Crippen LogP contribution in [0.25, 0.3) is 0 Å². The van der Waals surface area contributed by atoms with Gasteiger partial charge in [-0.05, 0) is 25.5 Å². The van der Waals surface area contributed by atoms with Gasteiger partial charge in [-0.3, -0.25) is 0 Å². The first kappa shape index (κ1) is 10.7. The quantitative estimate of drug-likeness (QED) is 0.799. The van der Waals surface area contributed by atoms with Crippen molar-refractivity contribution in [1.29, 1.82) is 0 Å². The fourth-order valence-corrected chi connectivity index (χ4v) is 1.69. The SMILES string of the molecule is CC(C)n1cnnc1Cc1ccccc1N. The summed E-state index contributed by atoms with van der Waals surface area (Å²) in [5.41, 5.74) is 7.81. The van der Waals surface area contributed by atoms with Gasteiger partial charge in [0.1, 0.15) is 12.2 Å². The lowest BCUT2D eigenvalue weighted by atomic mass is 10.1. The molecular formula is C12H16N4. The van der Waals surface area contributed by atoms with Gasteiger partial charge in [0.25, 0.3) is 0 Å². The first-order valence-corrected chi connectivity index (χ1v) is 5.40. The number of hydrogen-bond donors (Lipinski definition) is 1. The average Bonchev–Trinajstić information content (AvgIpc) is 2.69.